The van der Waals surface area contributed by atoms with Gasteiger partial charge < -0.3 is 0 Å². The number of hydrogen-bond donors (Lipinski definition) is 0. The highest BCUT2D eigenvalue weighted by Gasteiger charge is 2.35. The van der Waals surface area contributed by atoms with Crippen LogP contribution in [0.15, 0.2) is 11.6 Å². The lowest BCUT2D eigenvalue weighted by Gasteiger charge is -2.34. The van der Waals surface area contributed by atoms with Crippen molar-refractivity contribution in [2.24, 2.45) is 11.3 Å². The topological polar surface area (TPSA) is 0 Å². The summed E-state index contributed by atoms with van der Waals surface area (Å²) in [5, 5.41) is 0. The van der Waals surface area contributed by atoms with E-state index in [2.05, 4.69) is 19.9 Å². The van der Waals surface area contributed by atoms with Crippen LogP contribution in [0, 0.1) is 11.3 Å². The molecule has 0 heterocycles. The summed E-state index contributed by atoms with van der Waals surface area (Å²) in [5.74, 6) is 1.03. The van der Waals surface area contributed by atoms with Crippen LogP contribution in [-0.4, -0.2) is 0 Å². The summed E-state index contributed by atoms with van der Waals surface area (Å²) in [6, 6.07) is 0. The molecule has 2 rings (SSSR count). The van der Waals surface area contributed by atoms with Crippen molar-refractivity contribution in [2.45, 2.75) is 65.2 Å². The molecule has 0 nitrogen and oxygen atoms in total. The number of rotatable bonds is 1. The molecule has 0 amide bonds. The van der Waals surface area contributed by atoms with Crippen molar-refractivity contribution in [3.05, 3.63) is 11.6 Å². The molecule has 0 saturated heterocycles. The van der Waals surface area contributed by atoms with Crippen LogP contribution in [0.3, 0.4) is 0 Å². The van der Waals surface area contributed by atoms with Gasteiger partial charge in [0.05, 0.1) is 0 Å². The van der Waals surface area contributed by atoms with Crippen molar-refractivity contribution >= 4 is 0 Å². The lowest BCUT2D eigenvalue weighted by molar-refractivity contribution is 0.174. The predicted molar refractivity (Wildman–Crippen MR) is 62.3 cm³/mol. The Bertz CT molecular complexity index is 220. The van der Waals surface area contributed by atoms with Crippen molar-refractivity contribution in [1.29, 1.82) is 0 Å². The summed E-state index contributed by atoms with van der Waals surface area (Å²) in [6.07, 6.45) is 14.1. The molecule has 14 heavy (non-hydrogen) atoms. The summed E-state index contributed by atoms with van der Waals surface area (Å²) < 4.78 is 0. The minimum absolute atomic E-state index is 0.647. The van der Waals surface area contributed by atoms with Crippen LogP contribution in [0.2, 0.25) is 0 Å². The lowest BCUT2D eigenvalue weighted by Crippen LogP contribution is -2.24. The predicted octanol–water partition coefficient (Wildman–Crippen LogP) is 4.70. The maximum Gasteiger partial charge on any atom is -0.0263 e. The third-order valence-corrected chi connectivity index (χ3v) is 4.58. The number of allylic oxidation sites excluding steroid dienone is 2. The molecule has 1 fully saturated rings. The van der Waals surface area contributed by atoms with Crippen molar-refractivity contribution < 1.29 is 0 Å². The van der Waals surface area contributed by atoms with Crippen LogP contribution in [0.4, 0.5) is 0 Å². The zero-order valence-corrected chi connectivity index (χ0v) is 9.81. The molecular weight excluding hydrogens is 168 g/mol. The summed E-state index contributed by atoms with van der Waals surface area (Å²) >= 11 is 0. The Morgan fingerprint density at radius 1 is 1.21 bits per heavy atom. The standard InChI is InChI=1S/C14H24/c1-12-6-5-10-14(2,11-9-12)13-7-3-4-8-13/h9,13H,3-8,10-11H2,1-2H3. The van der Waals surface area contributed by atoms with E-state index in [9.17, 15) is 0 Å². The van der Waals surface area contributed by atoms with Crippen molar-refractivity contribution in [3.63, 3.8) is 0 Å². The Hall–Kier alpha value is -0.260. The van der Waals surface area contributed by atoms with Gasteiger partial charge in [0.15, 0.2) is 0 Å². The van der Waals surface area contributed by atoms with E-state index in [1.54, 1.807) is 5.57 Å². The lowest BCUT2D eigenvalue weighted by atomic mass is 9.71. The summed E-state index contributed by atoms with van der Waals surface area (Å²) in [4.78, 5) is 0. The van der Waals surface area contributed by atoms with Gasteiger partial charge in [-0.25, -0.2) is 0 Å². The van der Waals surface area contributed by atoms with E-state index < -0.39 is 0 Å². The van der Waals surface area contributed by atoms with E-state index in [0.717, 1.165) is 5.92 Å². The van der Waals surface area contributed by atoms with Crippen LogP contribution in [-0.2, 0) is 0 Å². The van der Waals surface area contributed by atoms with Gasteiger partial charge in [-0.2, -0.15) is 0 Å². The highest BCUT2D eigenvalue weighted by atomic mass is 14.4. The summed E-state index contributed by atoms with van der Waals surface area (Å²) in [6.45, 7) is 4.85. The first-order valence-corrected chi connectivity index (χ1v) is 6.36. The molecule has 0 aromatic carbocycles. The second-order valence-corrected chi connectivity index (χ2v) is 5.74. The fraction of sp³-hybridized carbons (Fsp3) is 0.857. The van der Waals surface area contributed by atoms with Gasteiger partial charge in [0.25, 0.3) is 0 Å². The molecule has 0 aromatic rings. The quantitative estimate of drug-likeness (QED) is 0.528. The fourth-order valence-electron chi connectivity index (χ4n) is 3.38. The van der Waals surface area contributed by atoms with Crippen molar-refractivity contribution in [2.75, 3.05) is 0 Å². The van der Waals surface area contributed by atoms with Gasteiger partial charge >= 0.3 is 0 Å². The Balaban J connectivity index is 2.06. The first-order valence-electron chi connectivity index (χ1n) is 6.36. The van der Waals surface area contributed by atoms with E-state index in [1.807, 2.05) is 0 Å². The van der Waals surface area contributed by atoms with Crippen LogP contribution in [0.5, 0.6) is 0 Å². The van der Waals surface area contributed by atoms with Crippen molar-refractivity contribution in [1.82, 2.24) is 0 Å². The molecule has 2 aliphatic carbocycles. The second kappa shape index (κ2) is 4.08. The molecule has 0 N–H and O–H groups in total. The molecule has 0 radical (unpaired) electrons. The highest BCUT2D eigenvalue weighted by Crippen LogP contribution is 2.47. The summed E-state index contributed by atoms with van der Waals surface area (Å²) in [5.41, 5.74) is 2.28. The Morgan fingerprint density at radius 3 is 2.64 bits per heavy atom. The SMILES string of the molecule is CC1=CCC(C)(C2CCCC2)CCC1. The summed E-state index contributed by atoms with van der Waals surface area (Å²) in [7, 11) is 0. The van der Waals surface area contributed by atoms with E-state index in [1.165, 1.54) is 51.4 Å². The molecule has 1 saturated carbocycles. The Morgan fingerprint density at radius 2 is 1.93 bits per heavy atom. The van der Waals surface area contributed by atoms with Gasteiger partial charge in [-0.05, 0) is 56.8 Å². The van der Waals surface area contributed by atoms with Gasteiger partial charge in [-0.3, -0.25) is 0 Å². The minimum atomic E-state index is 0.647. The Kier molecular flexibility index (Phi) is 2.99. The molecule has 2 aliphatic rings. The van der Waals surface area contributed by atoms with Gasteiger partial charge in [0.2, 0.25) is 0 Å². The maximum absolute atomic E-state index is 2.54. The molecule has 0 aromatic heterocycles. The zero-order chi connectivity index (χ0) is 10.0. The first-order chi connectivity index (χ1) is 6.71. The van der Waals surface area contributed by atoms with Gasteiger partial charge in [0, 0.05) is 0 Å². The smallest absolute Gasteiger partial charge is 0.0263 e. The average molecular weight is 192 g/mol. The zero-order valence-electron chi connectivity index (χ0n) is 9.81. The second-order valence-electron chi connectivity index (χ2n) is 5.74. The van der Waals surface area contributed by atoms with Crippen LogP contribution < -0.4 is 0 Å². The van der Waals surface area contributed by atoms with E-state index in [-0.39, 0.29) is 0 Å². The monoisotopic (exact) mass is 192 g/mol. The molecule has 0 heteroatoms. The fourth-order valence-corrected chi connectivity index (χ4v) is 3.38. The van der Waals surface area contributed by atoms with Crippen LogP contribution in [0.1, 0.15) is 65.2 Å². The van der Waals surface area contributed by atoms with Crippen LogP contribution in [0.25, 0.3) is 0 Å². The molecule has 1 atom stereocenters. The largest absolute Gasteiger partial charge is 0.0851 e. The van der Waals surface area contributed by atoms with Gasteiger partial charge in [0.1, 0.15) is 0 Å². The third kappa shape index (κ3) is 2.04. The molecular formula is C14H24. The van der Waals surface area contributed by atoms with Gasteiger partial charge in [-0.1, -0.05) is 31.4 Å². The van der Waals surface area contributed by atoms with E-state index in [0.29, 0.717) is 5.41 Å². The average Bonchev–Trinajstić information content (AvgIpc) is 2.63. The Labute approximate surface area is 88.8 Å². The molecule has 0 spiro atoms. The molecule has 1 unspecified atom stereocenters. The van der Waals surface area contributed by atoms with Crippen LogP contribution >= 0.6 is 0 Å². The molecule has 80 valence electrons. The number of hydrogen-bond acceptors (Lipinski definition) is 0. The van der Waals surface area contributed by atoms with E-state index in [4.69, 9.17) is 0 Å². The van der Waals surface area contributed by atoms with Gasteiger partial charge in [-0.15, -0.1) is 0 Å². The first kappa shape index (κ1) is 10.3. The minimum Gasteiger partial charge on any atom is -0.0851 e. The highest BCUT2D eigenvalue weighted by molar-refractivity contribution is 5.05. The van der Waals surface area contributed by atoms with E-state index >= 15 is 0 Å². The van der Waals surface area contributed by atoms with Crippen molar-refractivity contribution in [3.8, 4) is 0 Å². The molecule has 0 bridgehead atoms. The molecule has 0 aliphatic heterocycles. The normalized spacial score (nSPS) is 35.4. The maximum atomic E-state index is 2.54. The third-order valence-electron chi connectivity index (χ3n) is 4.58.